The van der Waals surface area contributed by atoms with Crippen LogP contribution in [0.25, 0.3) is 88.8 Å². The molecule has 11 aromatic rings. The molecule has 0 spiro atoms. The van der Waals surface area contributed by atoms with Crippen LogP contribution in [0.2, 0.25) is 0 Å². The Bertz CT molecular complexity index is 3180. The van der Waals surface area contributed by atoms with Gasteiger partial charge >= 0.3 is 0 Å². The standard InChI is InChI=1S/C49H30N4O2/c1-3-16-34(17-4-1)53(35-18-5-2-6-19-35)36-29-40(46-38-21-10-12-24-42(38)55-44(46)30-36)49-51-47(33-27-26-31-14-7-8-15-32(31)28-33)50-48(52-49)39-22-13-25-43-45(39)37-20-9-11-23-41(37)54-43/h1-30H. The third kappa shape index (κ3) is 5.23. The molecule has 3 aromatic heterocycles. The van der Waals surface area contributed by atoms with Crippen LogP contribution in [0, 0.1) is 0 Å². The molecule has 0 unspecified atom stereocenters. The molecule has 0 fully saturated rings. The average Bonchev–Trinajstić information content (AvgIpc) is 3.82. The Balaban J connectivity index is 1.23. The minimum absolute atomic E-state index is 0.539. The summed E-state index contributed by atoms with van der Waals surface area (Å²) < 4.78 is 13.0. The molecule has 0 atom stereocenters. The summed E-state index contributed by atoms with van der Waals surface area (Å²) in [6.07, 6.45) is 0. The number of aromatic nitrogens is 3. The van der Waals surface area contributed by atoms with Crippen LogP contribution in [0.4, 0.5) is 17.1 Å². The van der Waals surface area contributed by atoms with Gasteiger partial charge in [0.2, 0.25) is 0 Å². The van der Waals surface area contributed by atoms with Crippen molar-refractivity contribution < 1.29 is 8.83 Å². The lowest BCUT2D eigenvalue weighted by Gasteiger charge is -2.26. The number of fused-ring (bicyclic) bond motifs is 7. The van der Waals surface area contributed by atoms with Crippen molar-refractivity contribution in [3.8, 4) is 34.2 Å². The van der Waals surface area contributed by atoms with Gasteiger partial charge in [-0.25, -0.2) is 15.0 Å². The van der Waals surface area contributed by atoms with Gasteiger partial charge in [-0.1, -0.05) is 121 Å². The van der Waals surface area contributed by atoms with Crippen molar-refractivity contribution in [1.82, 2.24) is 15.0 Å². The summed E-state index contributed by atoms with van der Waals surface area (Å²) in [4.78, 5) is 18.1. The number of nitrogens with zero attached hydrogens (tertiary/aromatic N) is 4. The zero-order chi connectivity index (χ0) is 36.3. The number of para-hydroxylation sites is 4. The maximum absolute atomic E-state index is 6.64. The Kier molecular flexibility index (Phi) is 7.07. The molecule has 11 rings (SSSR count). The van der Waals surface area contributed by atoms with Crippen molar-refractivity contribution in [3.05, 3.63) is 182 Å². The van der Waals surface area contributed by atoms with Gasteiger partial charge < -0.3 is 13.7 Å². The van der Waals surface area contributed by atoms with E-state index < -0.39 is 0 Å². The molecule has 0 saturated heterocycles. The van der Waals surface area contributed by atoms with E-state index in [-0.39, 0.29) is 0 Å². The summed E-state index contributed by atoms with van der Waals surface area (Å²) in [6, 6.07) is 62.1. The molecule has 0 N–H and O–H groups in total. The summed E-state index contributed by atoms with van der Waals surface area (Å²) in [6.45, 7) is 0. The lowest BCUT2D eigenvalue weighted by atomic mass is 10.0. The van der Waals surface area contributed by atoms with E-state index in [0.29, 0.717) is 17.5 Å². The van der Waals surface area contributed by atoms with Gasteiger partial charge in [0.1, 0.15) is 22.3 Å². The minimum Gasteiger partial charge on any atom is -0.456 e. The fourth-order valence-electron chi connectivity index (χ4n) is 7.78. The molecule has 0 amide bonds. The quantitative estimate of drug-likeness (QED) is 0.171. The zero-order valence-corrected chi connectivity index (χ0v) is 29.4. The molecule has 0 aliphatic rings. The summed E-state index contributed by atoms with van der Waals surface area (Å²) in [7, 11) is 0. The molecular formula is C49H30N4O2. The summed E-state index contributed by atoms with van der Waals surface area (Å²) >= 11 is 0. The first kappa shape index (κ1) is 31.0. The van der Waals surface area contributed by atoms with Crippen LogP contribution in [0.1, 0.15) is 0 Å². The fraction of sp³-hybridized carbons (Fsp3) is 0. The first-order chi connectivity index (χ1) is 27.2. The second kappa shape index (κ2) is 12.5. The number of hydrogen-bond acceptors (Lipinski definition) is 6. The number of hydrogen-bond donors (Lipinski definition) is 0. The average molecular weight is 707 g/mol. The highest BCUT2D eigenvalue weighted by Gasteiger charge is 2.23. The van der Waals surface area contributed by atoms with Crippen molar-refractivity contribution in [2.45, 2.75) is 0 Å². The number of anilines is 3. The highest BCUT2D eigenvalue weighted by molar-refractivity contribution is 6.14. The molecule has 0 aliphatic carbocycles. The molecule has 8 aromatic carbocycles. The molecule has 6 nitrogen and oxygen atoms in total. The summed E-state index contributed by atoms with van der Waals surface area (Å²) in [5.41, 5.74) is 8.67. The van der Waals surface area contributed by atoms with E-state index in [0.717, 1.165) is 88.4 Å². The maximum Gasteiger partial charge on any atom is 0.164 e. The number of benzene rings is 8. The van der Waals surface area contributed by atoms with Crippen LogP contribution in [0.3, 0.4) is 0 Å². The van der Waals surface area contributed by atoms with E-state index in [9.17, 15) is 0 Å². The van der Waals surface area contributed by atoms with E-state index in [1.165, 1.54) is 0 Å². The van der Waals surface area contributed by atoms with Gasteiger partial charge in [0.15, 0.2) is 17.5 Å². The van der Waals surface area contributed by atoms with Crippen LogP contribution in [0.15, 0.2) is 191 Å². The van der Waals surface area contributed by atoms with Gasteiger partial charge in [-0.3, -0.25) is 0 Å². The normalized spacial score (nSPS) is 11.6. The van der Waals surface area contributed by atoms with Crippen molar-refractivity contribution >= 4 is 71.7 Å². The Labute approximate surface area is 315 Å². The topological polar surface area (TPSA) is 68.2 Å². The predicted octanol–water partition coefficient (Wildman–Crippen LogP) is 13.3. The van der Waals surface area contributed by atoms with E-state index in [1.807, 2.05) is 60.7 Å². The van der Waals surface area contributed by atoms with Crippen LogP contribution in [0.5, 0.6) is 0 Å². The van der Waals surface area contributed by atoms with Crippen molar-refractivity contribution in [3.63, 3.8) is 0 Å². The van der Waals surface area contributed by atoms with Crippen LogP contribution in [-0.4, -0.2) is 15.0 Å². The first-order valence-corrected chi connectivity index (χ1v) is 18.3. The predicted molar refractivity (Wildman–Crippen MR) is 223 cm³/mol. The summed E-state index contributed by atoms with van der Waals surface area (Å²) in [5.74, 6) is 1.67. The first-order valence-electron chi connectivity index (χ1n) is 18.3. The highest BCUT2D eigenvalue weighted by Crippen LogP contribution is 2.44. The van der Waals surface area contributed by atoms with Crippen LogP contribution < -0.4 is 4.90 Å². The van der Waals surface area contributed by atoms with E-state index >= 15 is 0 Å². The lowest BCUT2D eigenvalue weighted by molar-refractivity contribution is 0.668. The van der Waals surface area contributed by atoms with E-state index in [1.54, 1.807) is 0 Å². The Morgan fingerprint density at radius 1 is 0.345 bits per heavy atom. The Morgan fingerprint density at radius 2 is 0.891 bits per heavy atom. The molecule has 6 heteroatoms. The second-order valence-corrected chi connectivity index (χ2v) is 13.6. The number of furan rings is 2. The molecule has 0 aliphatic heterocycles. The maximum atomic E-state index is 6.64. The summed E-state index contributed by atoms with van der Waals surface area (Å²) in [5, 5.41) is 6.16. The third-order valence-corrected chi connectivity index (χ3v) is 10.3. The molecule has 0 bridgehead atoms. The van der Waals surface area contributed by atoms with E-state index in [2.05, 4.69) is 126 Å². The largest absolute Gasteiger partial charge is 0.456 e. The molecule has 55 heavy (non-hydrogen) atoms. The van der Waals surface area contributed by atoms with Gasteiger partial charge in [0.05, 0.1) is 5.69 Å². The van der Waals surface area contributed by atoms with E-state index in [4.69, 9.17) is 23.8 Å². The zero-order valence-electron chi connectivity index (χ0n) is 29.4. The van der Waals surface area contributed by atoms with Crippen molar-refractivity contribution in [1.29, 1.82) is 0 Å². The smallest absolute Gasteiger partial charge is 0.164 e. The molecule has 258 valence electrons. The van der Waals surface area contributed by atoms with Crippen LogP contribution >= 0.6 is 0 Å². The fourth-order valence-corrected chi connectivity index (χ4v) is 7.78. The van der Waals surface area contributed by atoms with Gasteiger partial charge in [0.25, 0.3) is 0 Å². The van der Waals surface area contributed by atoms with Gasteiger partial charge in [0, 0.05) is 55.7 Å². The Hall–Kier alpha value is -7.57. The monoisotopic (exact) mass is 706 g/mol. The minimum atomic E-state index is 0.539. The second-order valence-electron chi connectivity index (χ2n) is 13.6. The molecular weight excluding hydrogens is 677 g/mol. The molecule has 0 saturated carbocycles. The highest BCUT2D eigenvalue weighted by atomic mass is 16.3. The van der Waals surface area contributed by atoms with Crippen molar-refractivity contribution in [2.75, 3.05) is 4.90 Å². The number of rotatable bonds is 6. The van der Waals surface area contributed by atoms with Gasteiger partial charge in [-0.15, -0.1) is 0 Å². The Morgan fingerprint density at radius 3 is 1.60 bits per heavy atom. The molecule has 0 radical (unpaired) electrons. The SMILES string of the molecule is c1ccc(N(c2ccccc2)c2cc(-c3nc(-c4ccc5ccccc5c4)nc(-c4cccc5oc6ccccc6c45)n3)c3c(c2)oc2ccccc23)cc1. The third-order valence-electron chi connectivity index (χ3n) is 10.3. The van der Waals surface area contributed by atoms with Crippen molar-refractivity contribution in [2.24, 2.45) is 0 Å². The van der Waals surface area contributed by atoms with Crippen LogP contribution in [-0.2, 0) is 0 Å². The lowest BCUT2D eigenvalue weighted by Crippen LogP contribution is -2.10. The van der Waals surface area contributed by atoms with Gasteiger partial charge in [-0.2, -0.15) is 0 Å². The van der Waals surface area contributed by atoms with Gasteiger partial charge in [-0.05, 0) is 65.4 Å². The molecule has 3 heterocycles.